The van der Waals surface area contributed by atoms with E-state index in [-0.39, 0.29) is 12.5 Å². The molecule has 3 aromatic rings. The van der Waals surface area contributed by atoms with Crippen LogP contribution in [0, 0.1) is 5.92 Å². The number of carbonyl (C=O) groups is 1. The second kappa shape index (κ2) is 9.16. The number of hydrogen-bond acceptors (Lipinski definition) is 6. The third-order valence-corrected chi connectivity index (χ3v) is 4.92. The summed E-state index contributed by atoms with van der Waals surface area (Å²) in [6.07, 6.45) is 1.01. The van der Waals surface area contributed by atoms with Gasteiger partial charge in [-0.05, 0) is 22.4 Å². The monoisotopic (exact) mass is 448 g/mol. The maximum absolute atomic E-state index is 11.0. The first kappa shape index (κ1) is 20.3. The van der Waals surface area contributed by atoms with Crippen LogP contribution in [0.15, 0.2) is 45.5 Å². The highest BCUT2D eigenvalue weighted by atomic mass is 79.9. The summed E-state index contributed by atoms with van der Waals surface area (Å²) in [6.45, 7) is 4.30. The average Bonchev–Trinajstić information content (AvgIpc) is 3.04. The van der Waals surface area contributed by atoms with E-state index in [2.05, 4.69) is 25.9 Å². The minimum atomic E-state index is -0.955. The minimum absolute atomic E-state index is 0.0160. The van der Waals surface area contributed by atoms with Gasteiger partial charge in [0.25, 0.3) is 0 Å². The van der Waals surface area contributed by atoms with E-state index >= 15 is 0 Å². The maximum atomic E-state index is 11.0. The van der Waals surface area contributed by atoms with Gasteiger partial charge in [-0.3, -0.25) is 0 Å². The van der Waals surface area contributed by atoms with Crippen molar-refractivity contribution >= 4 is 33.0 Å². The number of halogens is 1. The van der Waals surface area contributed by atoms with E-state index in [0.29, 0.717) is 35.8 Å². The average molecular weight is 449 g/mol. The van der Waals surface area contributed by atoms with E-state index < -0.39 is 12.1 Å². The SMILES string of the molecule is CCC(OCC(C)COc1ncnc2oc(-c3ccccc3)c(Br)c12)C(=O)O. The van der Waals surface area contributed by atoms with Crippen LogP contribution in [-0.4, -0.2) is 40.4 Å². The number of carboxylic acids is 1. The zero-order valence-electron chi connectivity index (χ0n) is 15.6. The highest BCUT2D eigenvalue weighted by Gasteiger charge is 2.21. The van der Waals surface area contributed by atoms with Crippen LogP contribution in [0.4, 0.5) is 0 Å². The number of hydrogen-bond donors (Lipinski definition) is 1. The van der Waals surface area contributed by atoms with Gasteiger partial charge in [-0.15, -0.1) is 0 Å². The van der Waals surface area contributed by atoms with Crippen molar-refractivity contribution < 1.29 is 23.8 Å². The van der Waals surface area contributed by atoms with E-state index in [1.165, 1.54) is 6.33 Å². The predicted octanol–water partition coefficient (Wildman–Crippen LogP) is 4.55. The molecule has 0 saturated carbocycles. The number of benzene rings is 1. The van der Waals surface area contributed by atoms with Crippen molar-refractivity contribution in [2.75, 3.05) is 13.2 Å². The molecular weight excluding hydrogens is 428 g/mol. The summed E-state index contributed by atoms with van der Waals surface area (Å²) in [5.74, 6) is 0.0890. The molecule has 0 amide bonds. The minimum Gasteiger partial charge on any atom is -0.479 e. The van der Waals surface area contributed by atoms with Gasteiger partial charge in [0, 0.05) is 11.5 Å². The number of rotatable bonds is 9. The summed E-state index contributed by atoms with van der Waals surface area (Å²) in [4.78, 5) is 19.5. The lowest BCUT2D eigenvalue weighted by Crippen LogP contribution is -2.26. The molecule has 2 aromatic heterocycles. The lowest BCUT2D eigenvalue weighted by molar-refractivity contribution is -0.151. The summed E-state index contributed by atoms with van der Waals surface area (Å²) in [7, 11) is 0. The first-order valence-electron chi connectivity index (χ1n) is 8.96. The van der Waals surface area contributed by atoms with Gasteiger partial charge in [0.2, 0.25) is 11.6 Å². The molecule has 1 N–H and O–H groups in total. The van der Waals surface area contributed by atoms with Crippen LogP contribution in [0.3, 0.4) is 0 Å². The van der Waals surface area contributed by atoms with E-state index in [1.807, 2.05) is 37.3 Å². The van der Waals surface area contributed by atoms with Crippen molar-refractivity contribution in [1.29, 1.82) is 0 Å². The maximum Gasteiger partial charge on any atom is 0.332 e. The number of furan rings is 1. The van der Waals surface area contributed by atoms with Gasteiger partial charge >= 0.3 is 5.97 Å². The summed E-state index contributed by atoms with van der Waals surface area (Å²) in [6, 6.07) is 9.69. The normalized spacial score (nSPS) is 13.4. The van der Waals surface area contributed by atoms with E-state index in [4.69, 9.17) is 19.0 Å². The predicted molar refractivity (Wildman–Crippen MR) is 107 cm³/mol. The van der Waals surface area contributed by atoms with Crippen LogP contribution < -0.4 is 4.74 Å². The zero-order valence-corrected chi connectivity index (χ0v) is 17.2. The molecule has 148 valence electrons. The van der Waals surface area contributed by atoms with Crippen molar-refractivity contribution in [3.63, 3.8) is 0 Å². The lowest BCUT2D eigenvalue weighted by Gasteiger charge is -2.16. The van der Waals surface area contributed by atoms with Gasteiger partial charge in [0.1, 0.15) is 11.7 Å². The van der Waals surface area contributed by atoms with Gasteiger partial charge in [-0.1, -0.05) is 44.2 Å². The van der Waals surface area contributed by atoms with Gasteiger partial charge in [0.05, 0.1) is 17.7 Å². The third-order valence-electron chi connectivity index (χ3n) is 4.16. The Morgan fingerprint density at radius 2 is 2.00 bits per heavy atom. The van der Waals surface area contributed by atoms with Gasteiger partial charge in [-0.25, -0.2) is 14.8 Å². The lowest BCUT2D eigenvalue weighted by atomic mass is 10.2. The number of aromatic nitrogens is 2. The molecule has 7 nitrogen and oxygen atoms in total. The number of nitrogens with zero attached hydrogens (tertiary/aromatic N) is 2. The Morgan fingerprint density at radius 3 is 2.68 bits per heavy atom. The second-order valence-corrected chi connectivity index (χ2v) is 7.25. The van der Waals surface area contributed by atoms with Crippen molar-refractivity contribution in [2.45, 2.75) is 26.4 Å². The Bertz CT molecular complexity index is 944. The Balaban J connectivity index is 1.73. The van der Waals surface area contributed by atoms with Crippen LogP contribution in [0.1, 0.15) is 20.3 Å². The number of fused-ring (bicyclic) bond motifs is 1. The van der Waals surface area contributed by atoms with Gasteiger partial charge in [0.15, 0.2) is 11.9 Å². The Kier molecular flexibility index (Phi) is 6.64. The second-order valence-electron chi connectivity index (χ2n) is 6.45. The molecule has 2 unspecified atom stereocenters. The molecule has 0 fully saturated rings. The topological polar surface area (TPSA) is 94.7 Å². The van der Waals surface area contributed by atoms with E-state index in [1.54, 1.807) is 6.92 Å². The van der Waals surface area contributed by atoms with Gasteiger partial charge < -0.3 is 19.0 Å². The number of carboxylic acid groups (broad SMARTS) is 1. The molecule has 0 aliphatic heterocycles. The fourth-order valence-corrected chi connectivity index (χ4v) is 3.32. The molecule has 2 heterocycles. The van der Waals surface area contributed by atoms with Crippen LogP contribution in [-0.2, 0) is 9.53 Å². The molecule has 3 rings (SSSR count). The molecule has 2 atom stereocenters. The standard InChI is InChI=1S/C20H21BrN2O5/c1-3-14(20(24)25)26-9-12(2)10-27-18-15-16(21)17(13-7-5-4-6-8-13)28-19(15)23-11-22-18/h4-8,11-12,14H,3,9-10H2,1-2H3,(H,24,25). The summed E-state index contributed by atoms with van der Waals surface area (Å²) >= 11 is 3.58. The van der Waals surface area contributed by atoms with Crippen LogP contribution in [0.2, 0.25) is 0 Å². The van der Waals surface area contributed by atoms with Crippen molar-refractivity contribution in [3.05, 3.63) is 41.1 Å². The van der Waals surface area contributed by atoms with Crippen LogP contribution >= 0.6 is 15.9 Å². The number of ether oxygens (including phenoxy) is 2. The molecule has 8 heteroatoms. The van der Waals surface area contributed by atoms with Crippen molar-refractivity contribution in [1.82, 2.24) is 9.97 Å². The molecule has 0 aliphatic rings. The zero-order chi connectivity index (χ0) is 20.1. The van der Waals surface area contributed by atoms with Crippen molar-refractivity contribution in [3.8, 4) is 17.2 Å². The van der Waals surface area contributed by atoms with E-state index in [0.717, 1.165) is 10.0 Å². The highest BCUT2D eigenvalue weighted by Crippen LogP contribution is 2.40. The molecule has 0 spiro atoms. The van der Waals surface area contributed by atoms with Crippen molar-refractivity contribution in [2.24, 2.45) is 5.92 Å². The first-order chi connectivity index (χ1) is 13.5. The molecule has 1 aromatic carbocycles. The summed E-state index contributed by atoms with van der Waals surface area (Å²) < 4.78 is 17.9. The fourth-order valence-electron chi connectivity index (χ4n) is 2.67. The van der Waals surface area contributed by atoms with E-state index in [9.17, 15) is 4.79 Å². The summed E-state index contributed by atoms with van der Waals surface area (Å²) in [5.41, 5.74) is 1.34. The highest BCUT2D eigenvalue weighted by molar-refractivity contribution is 9.10. The fraction of sp³-hybridized carbons (Fsp3) is 0.350. The molecule has 0 aliphatic carbocycles. The smallest absolute Gasteiger partial charge is 0.332 e. The third kappa shape index (κ3) is 4.51. The van der Waals surface area contributed by atoms with Gasteiger partial charge in [-0.2, -0.15) is 0 Å². The number of aliphatic carboxylic acids is 1. The molecule has 0 bridgehead atoms. The molecular formula is C20H21BrN2O5. The quantitative estimate of drug-likeness (QED) is 0.512. The molecule has 0 radical (unpaired) electrons. The molecule has 0 saturated heterocycles. The largest absolute Gasteiger partial charge is 0.479 e. The summed E-state index contributed by atoms with van der Waals surface area (Å²) in [5, 5.41) is 9.71. The molecule has 28 heavy (non-hydrogen) atoms. The Hall–Kier alpha value is -2.45. The Morgan fingerprint density at radius 1 is 1.25 bits per heavy atom. The van der Waals surface area contributed by atoms with Crippen LogP contribution in [0.5, 0.6) is 5.88 Å². The Labute approximate surface area is 170 Å². The first-order valence-corrected chi connectivity index (χ1v) is 9.76. The van der Waals surface area contributed by atoms with Crippen LogP contribution in [0.25, 0.3) is 22.4 Å².